The molecule has 1 aliphatic rings. The summed E-state index contributed by atoms with van der Waals surface area (Å²) in [4.78, 5) is 13.1. The number of nitrogens with zero attached hydrogens (tertiary/aromatic N) is 1. The summed E-state index contributed by atoms with van der Waals surface area (Å²) in [6.07, 6.45) is 0.0640. The fourth-order valence-electron chi connectivity index (χ4n) is 4.02. The SMILES string of the molecule is Cc1ccc(S(=O)(=O)N2CCC[C@@H](O)[C@H](NC(=O)c3ccc(OCc4ccccc4)cc3)C2)cc1. The van der Waals surface area contributed by atoms with Crippen molar-refractivity contribution in [2.24, 2.45) is 0 Å². The van der Waals surface area contributed by atoms with Gasteiger partial charge >= 0.3 is 0 Å². The van der Waals surface area contributed by atoms with Crippen molar-refractivity contribution in [3.05, 3.63) is 95.6 Å². The maximum Gasteiger partial charge on any atom is 0.251 e. The van der Waals surface area contributed by atoms with E-state index in [9.17, 15) is 18.3 Å². The van der Waals surface area contributed by atoms with E-state index in [2.05, 4.69) is 5.32 Å². The van der Waals surface area contributed by atoms with Gasteiger partial charge in [0.2, 0.25) is 10.0 Å². The van der Waals surface area contributed by atoms with E-state index in [1.54, 1.807) is 48.5 Å². The number of hydrogen-bond donors (Lipinski definition) is 2. The van der Waals surface area contributed by atoms with Crippen LogP contribution >= 0.6 is 0 Å². The van der Waals surface area contributed by atoms with Crippen LogP contribution in [0.2, 0.25) is 0 Å². The molecule has 2 N–H and O–H groups in total. The molecule has 0 spiro atoms. The first-order valence-corrected chi connectivity index (χ1v) is 13.1. The van der Waals surface area contributed by atoms with Crippen LogP contribution in [0.4, 0.5) is 0 Å². The number of benzene rings is 3. The smallest absolute Gasteiger partial charge is 0.251 e. The summed E-state index contributed by atoms with van der Waals surface area (Å²) in [6, 6.07) is 22.5. The molecule has 0 aliphatic carbocycles. The molecule has 1 fully saturated rings. The third-order valence-corrected chi connectivity index (χ3v) is 7.99. The van der Waals surface area contributed by atoms with Crippen LogP contribution in [0.15, 0.2) is 83.8 Å². The quantitative estimate of drug-likeness (QED) is 0.524. The van der Waals surface area contributed by atoms with Gasteiger partial charge in [0.1, 0.15) is 12.4 Å². The predicted molar refractivity (Wildman–Crippen MR) is 134 cm³/mol. The number of aliphatic hydroxyl groups excluding tert-OH is 1. The van der Waals surface area contributed by atoms with Crippen LogP contribution < -0.4 is 10.1 Å². The third-order valence-electron chi connectivity index (χ3n) is 6.11. The first kappa shape index (κ1) is 24.9. The molecule has 0 radical (unpaired) electrons. The summed E-state index contributed by atoms with van der Waals surface area (Å²) in [6.45, 7) is 2.60. The minimum atomic E-state index is -3.74. The van der Waals surface area contributed by atoms with Crippen molar-refractivity contribution in [2.75, 3.05) is 13.1 Å². The molecule has 0 bridgehead atoms. The van der Waals surface area contributed by atoms with E-state index >= 15 is 0 Å². The summed E-state index contributed by atoms with van der Waals surface area (Å²) in [5.74, 6) is 0.258. The molecule has 7 nitrogen and oxygen atoms in total. The lowest BCUT2D eigenvalue weighted by Crippen LogP contribution is -2.49. The monoisotopic (exact) mass is 494 g/mol. The maximum absolute atomic E-state index is 13.2. The van der Waals surface area contributed by atoms with E-state index in [1.807, 2.05) is 37.3 Å². The van der Waals surface area contributed by atoms with Crippen LogP contribution in [-0.4, -0.2) is 49.0 Å². The highest BCUT2D eigenvalue weighted by atomic mass is 32.2. The molecule has 8 heteroatoms. The van der Waals surface area contributed by atoms with Gasteiger partial charge in [-0.05, 0) is 61.7 Å². The summed E-state index contributed by atoms with van der Waals surface area (Å²) >= 11 is 0. The second kappa shape index (κ2) is 11.0. The third kappa shape index (κ3) is 6.28. The first-order chi connectivity index (χ1) is 16.8. The highest BCUT2D eigenvalue weighted by Crippen LogP contribution is 2.22. The lowest BCUT2D eigenvalue weighted by atomic mass is 10.1. The van der Waals surface area contributed by atoms with Gasteiger partial charge in [0.25, 0.3) is 5.91 Å². The lowest BCUT2D eigenvalue weighted by Gasteiger charge is -2.26. The summed E-state index contributed by atoms with van der Waals surface area (Å²) < 4.78 is 33.5. The summed E-state index contributed by atoms with van der Waals surface area (Å²) in [7, 11) is -3.74. The fourth-order valence-corrected chi connectivity index (χ4v) is 5.53. The number of aliphatic hydroxyl groups is 1. The number of amides is 1. The van der Waals surface area contributed by atoms with E-state index < -0.39 is 22.2 Å². The van der Waals surface area contributed by atoms with Gasteiger partial charge in [-0.3, -0.25) is 4.79 Å². The number of sulfonamides is 1. The minimum absolute atomic E-state index is 0.00138. The molecular weight excluding hydrogens is 464 g/mol. The largest absolute Gasteiger partial charge is 0.489 e. The maximum atomic E-state index is 13.2. The normalized spacial score (nSPS) is 19.0. The Bertz CT molecular complexity index is 1230. The molecule has 35 heavy (non-hydrogen) atoms. The standard InChI is InChI=1S/C27H30N2O5S/c1-20-9-15-24(16-10-20)35(32,33)29-17-5-8-26(30)25(18-29)28-27(31)22-11-13-23(14-12-22)34-19-21-6-3-2-4-7-21/h2-4,6-7,9-16,25-26,30H,5,8,17-19H2,1H3,(H,28,31)/t25-,26-/m1/s1. The number of aryl methyl sites for hydroxylation is 1. The molecule has 1 amide bonds. The van der Waals surface area contributed by atoms with Crippen molar-refractivity contribution in [2.45, 2.75) is 43.4 Å². The number of carbonyl (C=O) groups excluding carboxylic acids is 1. The molecule has 0 unspecified atom stereocenters. The number of rotatable bonds is 7. The molecule has 2 atom stereocenters. The summed E-state index contributed by atoms with van der Waals surface area (Å²) in [5, 5.41) is 13.4. The van der Waals surface area contributed by atoms with Crippen molar-refractivity contribution in [3.63, 3.8) is 0 Å². The molecule has 4 rings (SSSR count). The average Bonchev–Trinajstić information content (AvgIpc) is 3.05. The zero-order valence-corrected chi connectivity index (χ0v) is 20.4. The van der Waals surface area contributed by atoms with E-state index in [0.29, 0.717) is 30.8 Å². The Hall–Kier alpha value is -3.20. The van der Waals surface area contributed by atoms with Gasteiger partial charge in [-0.2, -0.15) is 4.31 Å². The summed E-state index contributed by atoms with van der Waals surface area (Å²) in [5.41, 5.74) is 2.42. The second-order valence-corrected chi connectivity index (χ2v) is 10.7. The zero-order chi connectivity index (χ0) is 24.8. The highest BCUT2D eigenvalue weighted by molar-refractivity contribution is 7.89. The van der Waals surface area contributed by atoms with Gasteiger partial charge in [-0.15, -0.1) is 0 Å². The lowest BCUT2D eigenvalue weighted by molar-refractivity contribution is 0.0820. The molecule has 0 saturated carbocycles. The molecular formula is C27H30N2O5S. The second-order valence-electron chi connectivity index (χ2n) is 8.76. The van der Waals surface area contributed by atoms with Gasteiger partial charge in [0.15, 0.2) is 0 Å². The molecule has 1 saturated heterocycles. The number of nitrogens with one attached hydrogen (secondary N) is 1. The van der Waals surface area contributed by atoms with E-state index in [4.69, 9.17) is 4.74 Å². The molecule has 1 heterocycles. The van der Waals surface area contributed by atoms with Crippen LogP contribution in [0.5, 0.6) is 5.75 Å². The van der Waals surface area contributed by atoms with Crippen LogP contribution in [-0.2, 0) is 16.6 Å². The van der Waals surface area contributed by atoms with Crippen molar-refractivity contribution in [1.82, 2.24) is 9.62 Å². The molecule has 184 valence electrons. The van der Waals surface area contributed by atoms with Gasteiger partial charge in [-0.25, -0.2) is 8.42 Å². The Labute approximate surface area is 206 Å². The Morgan fingerprint density at radius 3 is 2.40 bits per heavy atom. The van der Waals surface area contributed by atoms with E-state index in [-0.39, 0.29) is 23.9 Å². The van der Waals surface area contributed by atoms with E-state index in [0.717, 1.165) is 11.1 Å². The van der Waals surface area contributed by atoms with Gasteiger partial charge in [0, 0.05) is 18.7 Å². The van der Waals surface area contributed by atoms with E-state index in [1.165, 1.54) is 4.31 Å². The first-order valence-electron chi connectivity index (χ1n) is 11.7. The van der Waals surface area contributed by atoms with Gasteiger partial charge in [-0.1, -0.05) is 48.0 Å². The van der Waals surface area contributed by atoms with Crippen molar-refractivity contribution < 1.29 is 23.1 Å². The Morgan fingerprint density at radius 2 is 1.71 bits per heavy atom. The Morgan fingerprint density at radius 1 is 1.03 bits per heavy atom. The minimum Gasteiger partial charge on any atom is -0.489 e. The molecule has 1 aliphatic heterocycles. The van der Waals surface area contributed by atoms with Crippen molar-refractivity contribution >= 4 is 15.9 Å². The number of carbonyl (C=O) groups is 1. The Balaban J connectivity index is 1.41. The van der Waals surface area contributed by atoms with Gasteiger partial charge in [0.05, 0.1) is 17.0 Å². The number of hydrogen-bond acceptors (Lipinski definition) is 5. The predicted octanol–water partition coefficient (Wildman–Crippen LogP) is 3.52. The van der Waals surface area contributed by atoms with Crippen molar-refractivity contribution in [3.8, 4) is 5.75 Å². The fraction of sp³-hybridized carbons (Fsp3) is 0.296. The van der Waals surface area contributed by atoms with Crippen LogP contribution in [0, 0.1) is 6.92 Å². The highest BCUT2D eigenvalue weighted by Gasteiger charge is 2.33. The number of ether oxygens (including phenoxy) is 1. The van der Waals surface area contributed by atoms with Crippen LogP contribution in [0.25, 0.3) is 0 Å². The van der Waals surface area contributed by atoms with Crippen LogP contribution in [0.1, 0.15) is 34.3 Å². The molecule has 3 aromatic carbocycles. The van der Waals surface area contributed by atoms with Crippen molar-refractivity contribution in [1.29, 1.82) is 0 Å². The van der Waals surface area contributed by atoms with Gasteiger partial charge < -0.3 is 15.2 Å². The molecule has 3 aromatic rings. The molecule has 0 aromatic heterocycles. The topological polar surface area (TPSA) is 95.9 Å². The average molecular weight is 495 g/mol. The van der Waals surface area contributed by atoms with Crippen LogP contribution in [0.3, 0.4) is 0 Å². The zero-order valence-electron chi connectivity index (χ0n) is 19.6. The Kier molecular flexibility index (Phi) is 7.85.